The Morgan fingerprint density at radius 1 is 0.455 bits per heavy atom. The van der Waals surface area contributed by atoms with Gasteiger partial charge in [-0.05, 0) is 29.8 Å². The molecule has 0 unspecified atom stereocenters. The van der Waals surface area contributed by atoms with Crippen LogP contribution in [0, 0.1) is 0 Å². The van der Waals surface area contributed by atoms with Crippen LogP contribution in [0.1, 0.15) is 5.56 Å². The molecule has 0 saturated heterocycles. The van der Waals surface area contributed by atoms with Crippen LogP contribution in [0.25, 0.3) is 0 Å². The minimum atomic E-state index is 0.363. The zero-order chi connectivity index (χ0) is 30.8. The molecule has 0 N–H and O–H groups in total. The lowest BCUT2D eigenvalue weighted by atomic mass is 10.2. The van der Waals surface area contributed by atoms with E-state index in [1.54, 1.807) is 7.11 Å². The summed E-state index contributed by atoms with van der Waals surface area (Å²) in [6.07, 6.45) is 0. The van der Waals surface area contributed by atoms with Gasteiger partial charge in [-0.1, -0.05) is 18.2 Å². The van der Waals surface area contributed by atoms with Crippen molar-refractivity contribution < 1.29 is 56.8 Å². The summed E-state index contributed by atoms with van der Waals surface area (Å²) < 4.78 is 67.5. The molecule has 248 valence electrons. The highest BCUT2D eigenvalue weighted by molar-refractivity contribution is 5.43. The molecule has 44 heavy (non-hydrogen) atoms. The molecule has 0 amide bonds. The molecular weight excluding hydrogens is 576 g/mol. The second-order valence-electron chi connectivity index (χ2n) is 9.34. The number of hydrogen-bond donors (Lipinski definition) is 0. The van der Waals surface area contributed by atoms with Gasteiger partial charge in [0.05, 0.1) is 99.1 Å². The largest absolute Gasteiger partial charge is 0.487 e. The van der Waals surface area contributed by atoms with Crippen molar-refractivity contribution in [2.75, 3.05) is 126 Å². The van der Waals surface area contributed by atoms with Crippen LogP contribution in [0.2, 0.25) is 0 Å². The summed E-state index contributed by atoms with van der Waals surface area (Å²) in [6, 6.07) is 13.3. The Morgan fingerprint density at radius 3 is 1.34 bits per heavy atom. The van der Waals surface area contributed by atoms with Crippen LogP contribution in [-0.2, 0) is 44.5 Å². The van der Waals surface area contributed by atoms with Gasteiger partial charge in [-0.2, -0.15) is 0 Å². The molecule has 0 spiro atoms. The van der Waals surface area contributed by atoms with Gasteiger partial charge >= 0.3 is 0 Å². The topological polar surface area (TPSA) is 111 Å². The Labute approximate surface area is 260 Å². The summed E-state index contributed by atoms with van der Waals surface area (Å²) in [5, 5.41) is 0. The van der Waals surface area contributed by atoms with E-state index in [0.29, 0.717) is 149 Å². The van der Waals surface area contributed by atoms with E-state index in [1.165, 1.54) is 0 Å². The first-order valence-corrected chi connectivity index (χ1v) is 15.1. The van der Waals surface area contributed by atoms with Gasteiger partial charge in [0.25, 0.3) is 0 Å². The lowest BCUT2D eigenvalue weighted by Gasteiger charge is -2.16. The molecule has 2 aromatic rings. The first kappa shape index (κ1) is 35.8. The second-order valence-corrected chi connectivity index (χ2v) is 9.34. The molecule has 0 atom stereocenters. The lowest BCUT2D eigenvalue weighted by molar-refractivity contribution is -0.0158. The van der Waals surface area contributed by atoms with E-state index < -0.39 is 0 Å². The fourth-order valence-electron chi connectivity index (χ4n) is 3.82. The highest BCUT2D eigenvalue weighted by Crippen LogP contribution is 2.29. The summed E-state index contributed by atoms with van der Waals surface area (Å²) in [6.45, 7) is 8.84. The van der Waals surface area contributed by atoms with Crippen LogP contribution in [0.3, 0.4) is 0 Å². The summed E-state index contributed by atoms with van der Waals surface area (Å²) >= 11 is 0. The first-order chi connectivity index (χ1) is 21.9. The third-order valence-electron chi connectivity index (χ3n) is 5.99. The Bertz CT molecular complexity index is 976. The Hall–Kier alpha value is -2.68. The number of hydrogen-bond acceptors (Lipinski definition) is 12. The molecule has 0 fully saturated rings. The summed E-state index contributed by atoms with van der Waals surface area (Å²) in [5.41, 5.74) is 0.961. The predicted octanol–water partition coefficient (Wildman–Crippen LogP) is 3.18. The Kier molecular flexibility index (Phi) is 20.0. The molecule has 0 bridgehead atoms. The average molecular weight is 625 g/mol. The molecular formula is C32H48O12. The van der Waals surface area contributed by atoms with Gasteiger partial charge in [0.2, 0.25) is 0 Å². The molecule has 1 heterocycles. The normalized spacial score (nSPS) is 14.9. The van der Waals surface area contributed by atoms with Crippen LogP contribution >= 0.6 is 0 Å². The van der Waals surface area contributed by atoms with Gasteiger partial charge in [-0.15, -0.1) is 0 Å². The van der Waals surface area contributed by atoms with E-state index in [9.17, 15) is 0 Å². The fraction of sp³-hybridized carbons (Fsp3) is 0.625. The minimum Gasteiger partial charge on any atom is -0.487 e. The highest BCUT2D eigenvalue weighted by atomic mass is 16.6. The maximum atomic E-state index is 6.00. The molecule has 0 radical (unpaired) electrons. The van der Waals surface area contributed by atoms with Crippen LogP contribution < -0.4 is 18.9 Å². The van der Waals surface area contributed by atoms with E-state index in [1.807, 2.05) is 42.5 Å². The molecule has 12 heteroatoms. The van der Waals surface area contributed by atoms with Crippen molar-refractivity contribution in [3.8, 4) is 23.0 Å². The van der Waals surface area contributed by atoms with Crippen molar-refractivity contribution in [3.63, 3.8) is 0 Å². The molecule has 0 aliphatic carbocycles. The van der Waals surface area contributed by atoms with E-state index in [4.69, 9.17) is 56.8 Å². The van der Waals surface area contributed by atoms with Crippen molar-refractivity contribution in [1.29, 1.82) is 0 Å². The van der Waals surface area contributed by atoms with Crippen molar-refractivity contribution in [3.05, 3.63) is 48.0 Å². The van der Waals surface area contributed by atoms with Gasteiger partial charge in [-0.25, -0.2) is 0 Å². The molecule has 1 aliphatic rings. The monoisotopic (exact) mass is 624 g/mol. The summed E-state index contributed by atoms with van der Waals surface area (Å²) in [5.74, 6) is 2.61. The van der Waals surface area contributed by atoms with Crippen molar-refractivity contribution in [2.24, 2.45) is 0 Å². The van der Waals surface area contributed by atoms with Gasteiger partial charge < -0.3 is 56.8 Å². The molecule has 3 rings (SSSR count). The third-order valence-corrected chi connectivity index (χ3v) is 5.99. The van der Waals surface area contributed by atoms with Gasteiger partial charge in [0.1, 0.15) is 26.4 Å². The fourth-order valence-corrected chi connectivity index (χ4v) is 3.82. The number of rotatable bonds is 17. The SMILES string of the molecule is COCCOCCOCCOCCOCCOCc1ccc2c(c1)OCCOCCOc1ccccc1OCCOCCO2. The standard InChI is InChI=1S/C32H48O12/c1-33-8-9-34-10-11-35-12-13-36-14-15-37-16-17-40-27-28-6-7-31-32(26-28)44-25-21-39-19-23-42-30-5-3-2-4-29(30)41-22-18-38-20-24-43-31/h2-7,26H,8-25,27H2,1H3. The van der Waals surface area contributed by atoms with Crippen LogP contribution in [-0.4, -0.2) is 126 Å². The number of para-hydroxylation sites is 2. The molecule has 1 aliphatic heterocycles. The van der Waals surface area contributed by atoms with Crippen molar-refractivity contribution in [2.45, 2.75) is 6.61 Å². The summed E-state index contributed by atoms with van der Waals surface area (Å²) in [4.78, 5) is 0. The van der Waals surface area contributed by atoms with Gasteiger partial charge in [0.15, 0.2) is 23.0 Å². The molecule has 0 saturated carbocycles. The lowest BCUT2D eigenvalue weighted by Crippen LogP contribution is -2.15. The quantitative estimate of drug-likeness (QED) is 0.241. The zero-order valence-corrected chi connectivity index (χ0v) is 25.9. The zero-order valence-electron chi connectivity index (χ0n) is 25.9. The second kappa shape index (κ2) is 24.6. The number of ether oxygens (including phenoxy) is 12. The molecule has 12 nitrogen and oxygen atoms in total. The third kappa shape index (κ3) is 16.4. The predicted molar refractivity (Wildman–Crippen MR) is 161 cm³/mol. The van der Waals surface area contributed by atoms with Crippen LogP contribution in [0.5, 0.6) is 23.0 Å². The van der Waals surface area contributed by atoms with Gasteiger partial charge in [0, 0.05) is 7.11 Å². The van der Waals surface area contributed by atoms with Crippen LogP contribution in [0.15, 0.2) is 42.5 Å². The Balaban J connectivity index is 1.28. The Morgan fingerprint density at radius 2 is 0.864 bits per heavy atom. The first-order valence-electron chi connectivity index (χ1n) is 15.1. The average Bonchev–Trinajstić information content (AvgIpc) is 3.04. The van der Waals surface area contributed by atoms with Crippen LogP contribution in [0.4, 0.5) is 0 Å². The highest BCUT2D eigenvalue weighted by Gasteiger charge is 2.09. The van der Waals surface area contributed by atoms with E-state index in [2.05, 4.69) is 0 Å². The van der Waals surface area contributed by atoms with E-state index >= 15 is 0 Å². The maximum Gasteiger partial charge on any atom is 0.161 e. The van der Waals surface area contributed by atoms with Crippen molar-refractivity contribution in [1.82, 2.24) is 0 Å². The molecule has 2 aromatic carbocycles. The smallest absolute Gasteiger partial charge is 0.161 e. The molecule has 0 aromatic heterocycles. The van der Waals surface area contributed by atoms with Gasteiger partial charge in [-0.3, -0.25) is 0 Å². The van der Waals surface area contributed by atoms with Crippen molar-refractivity contribution >= 4 is 0 Å². The summed E-state index contributed by atoms with van der Waals surface area (Å²) in [7, 11) is 1.65. The number of methoxy groups -OCH3 is 1. The number of fused-ring (bicyclic) bond motifs is 2. The minimum absolute atomic E-state index is 0.363. The van der Waals surface area contributed by atoms with E-state index in [0.717, 1.165) is 5.56 Å². The van der Waals surface area contributed by atoms with E-state index in [-0.39, 0.29) is 0 Å². The maximum absolute atomic E-state index is 6.00. The number of benzene rings is 2.